The van der Waals surface area contributed by atoms with E-state index in [1.54, 1.807) is 6.07 Å². The molecule has 0 radical (unpaired) electrons. The van der Waals surface area contributed by atoms with E-state index >= 15 is 0 Å². The SMILES string of the molecule is COc1cc(C#N)c2ccccc2n1. The third-order valence-electron chi connectivity index (χ3n) is 2.02. The molecule has 2 rings (SSSR count). The van der Waals surface area contributed by atoms with Crippen molar-refractivity contribution in [3.63, 3.8) is 0 Å². The highest BCUT2D eigenvalue weighted by atomic mass is 16.5. The lowest BCUT2D eigenvalue weighted by molar-refractivity contribution is 0.399. The predicted molar refractivity (Wildman–Crippen MR) is 53.0 cm³/mol. The van der Waals surface area contributed by atoms with Gasteiger partial charge in [-0.15, -0.1) is 0 Å². The van der Waals surface area contributed by atoms with Crippen LogP contribution >= 0.6 is 0 Å². The molecule has 0 N–H and O–H groups in total. The van der Waals surface area contributed by atoms with Crippen molar-refractivity contribution in [2.75, 3.05) is 7.11 Å². The number of hydrogen-bond donors (Lipinski definition) is 0. The smallest absolute Gasteiger partial charge is 0.214 e. The third kappa shape index (κ3) is 1.27. The minimum absolute atomic E-state index is 0.472. The van der Waals surface area contributed by atoms with Gasteiger partial charge >= 0.3 is 0 Å². The van der Waals surface area contributed by atoms with E-state index in [4.69, 9.17) is 10.00 Å². The Morgan fingerprint density at radius 3 is 2.86 bits per heavy atom. The van der Waals surface area contributed by atoms with E-state index < -0.39 is 0 Å². The van der Waals surface area contributed by atoms with E-state index in [1.807, 2.05) is 24.3 Å². The second kappa shape index (κ2) is 3.35. The monoisotopic (exact) mass is 184 g/mol. The lowest BCUT2D eigenvalue weighted by Gasteiger charge is -2.02. The van der Waals surface area contributed by atoms with Crippen molar-refractivity contribution < 1.29 is 4.74 Å². The molecule has 0 spiro atoms. The van der Waals surface area contributed by atoms with Gasteiger partial charge < -0.3 is 4.74 Å². The van der Waals surface area contributed by atoms with Gasteiger partial charge in [0.15, 0.2) is 0 Å². The number of nitriles is 1. The molecule has 0 fully saturated rings. The van der Waals surface area contributed by atoms with Gasteiger partial charge in [-0.2, -0.15) is 5.26 Å². The van der Waals surface area contributed by atoms with E-state index in [0.29, 0.717) is 11.4 Å². The molecule has 0 amide bonds. The summed E-state index contributed by atoms with van der Waals surface area (Å²) in [6.07, 6.45) is 0. The Labute approximate surface area is 81.6 Å². The minimum Gasteiger partial charge on any atom is -0.481 e. The number of fused-ring (bicyclic) bond motifs is 1. The van der Waals surface area contributed by atoms with Gasteiger partial charge in [0.1, 0.15) is 6.07 Å². The molecule has 0 aliphatic heterocycles. The molecule has 0 aliphatic carbocycles. The number of aromatic nitrogens is 1. The zero-order chi connectivity index (χ0) is 9.97. The average Bonchev–Trinajstić information content (AvgIpc) is 2.27. The van der Waals surface area contributed by atoms with Gasteiger partial charge in [0.2, 0.25) is 5.88 Å². The van der Waals surface area contributed by atoms with E-state index in [2.05, 4.69) is 11.1 Å². The fraction of sp³-hybridized carbons (Fsp3) is 0.0909. The number of pyridine rings is 1. The molecular weight excluding hydrogens is 176 g/mol. The van der Waals surface area contributed by atoms with Crippen LogP contribution < -0.4 is 4.74 Å². The number of rotatable bonds is 1. The first-order valence-corrected chi connectivity index (χ1v) is 4.19. The lowest BCUT2D eigenvalue weighted by Crippen LogP contribution is -1.90. The number of nitrogens with zero attached hydrogens (tertiary/aromatic N) is 2. The molecule has 0 aliphatic rings. The fourth-order valence-corrected chi connectivity index (χ4v) is 1.35. The van der Waals surface area contributed by atoms with E-state index in [0.717, 1.165) is 10.9 Å². The van der Waals surface area contributed by atoms with Crippen LogP contribution in [0.5, 0.6) is 5.88 Å². The van der Waals surface area contributed by atoms with Crippen LogP contribution in [0.25, 0.3) is 10.9 Å². The summed E-state index contributed by atoms with van der Waals surface area (Å²) < 4.78 is 5.00. The largest absolute Gasteiger partial charge is 0.481 e. The Hall–Kier alpha value is -2.08. The second-order valence-electron chi connectivity index (χ2n) is 2.84. The number of ether oxygens (including phenoxy) is 1. The Balaban J connectivity index is 2.82. The van der Waals surface area contributed by atoms with Crippen LogP contribution in [0, 0.1) is 11.3 Å². The molecule has 1 aromatic heterocycles. The van der Waals surface area contributed by atoms with E-state index in [-0.39, 0.29) is 0 Å². The van der Waals surface area contributed by atoms with Crippen LogP contribution in [0.2, 0.25) is 0 Å². The van der Waals surface area contributed by atoms with Gasteiger partial charge in [-0.05, 0) is 6.07 Å². The van der Waals surface area contributed by atoms with Crippen LogP contribution in [0.1, 0.15) is 5.56 Å². The van der Waals surface area contributed by atoms with Crippen LogP contribution in [0.4, 0.5) is 0 Å². The molecule has 14 heavy (non-hydrogen) atoms. The van der Waals surface area contributed by atoms with Crippen molar-refractivity contribution in [3.8, 4) is 11.9 Å². The summed E-state index contributed by atoms with van der Waals surface area (Å²) in [4.78, 5) is 4.23. The summed E-state index contributed by atoms with van der Waals surface area (Å²) in [7, 11) is 1.54. The maximum atomic E-state index is 8.92. The quantitative estimate of drug-likeness (QED) is 0.681. The summed E-state index contributed by atoms with van der Waals surface area (Å²) >= 11 is 0. The zero-order valence-corrected chi connectivity index (χ0v) is 7.69. The van der Waals surface area contributed by atoms with Gasteiger partial charge in [0, 0.05) is 11.5 Å². The molecule has 0 unspecified atom stereocenters. The van der Waals surface area contributed by atoms with Crippen LogP contribution in [0.3, 0.4) is 0 Å². The maximum absolute atomic E-state index is 8.92. The summed E-state index contributed by atoms with van der Waals surface area (Å²) in [5, 5.41) is 9.78. The predicted octanol–water partition coefficient (Wildman–Crippen LogP) is 2.12. The Bertz CT molecular complexity index is 514. The third-order valence-corrected chi connectivity index (χ3v) is 2.02. The van der Waals surface area contributed by atoms with Crippen LogP contribution in [-0.4, -0.2) is 12.1 Å². The van der Waals surface area contributed by atoms with Gasteiger partial charge in [0.05, 0.1) is 18.2 Å². The molecule has 3 heteroatoms. The number of hydrogen-bond acceptors (Lipinski definition) is 3. The highest BCUT2D eigenvalue weighted by Crippen LogP contribution is 2.20. The molecule has 2 aromatic rings. The first-order valence-electron chi connectivity index (χ1n) is 4.19. The molecule has 0 atom stereocenters. The molecule has 1 heterocycles. The number of benzene rings is 1. The van der Waals surface area contributed by atoms with E-state index in [1.165, 1.54) is 7.11 Å². The van der Waals surface area contributed by atoms with E-state index in [9.17, 15) is 0 Å². The van der Waals surface area contributed by atoms with Gasteiger partial charge in [-0.1, -0.05) is 18.2 Å². The topological polar surface area (TPSA) is 45.9 Å². The normalized spacial score (nSPS) is 9.71. The lowest BCUT2D eigenvalue weighted by atomic mass is 10.1. The van der Waals surface area contributed by atoms with Crippen LogP contribution in [0.15, 0.2) is 30.3 Å². The molecule has 1 aromatic carbocycles. The first kappa shape index (κ1) is 8.52. The Kier molecular flexibility index (Phi) is 2.04. The first-order chi connectivity index (χ1) is 6.85. The van der Waals surface area contributed by atoms with Crippen molar-refractivity contribution in [2.45, 2.75) is 0 Å². The number of methoxy groups -OCH3 is 1. The standard InChI is InChI=1S/C11H8N2O/c1-14-11-6-8(7-12)9-4-2-3-5-10(9)13-11/h2-6H,1H3. The van der Waals surface area contributed by atoms with Crippen molar-refractivity contribution in [2.24, 2.45) is 0 Å². The summed E-state index contributed by atoms with van der Waals surface area (Å²) in [6.45, 7) is 0. The summed E-state index contributed by atoms with van der Waals surface area (Å²) in [5.41, 5.74) is 1.37. The average molecular weight is 184 g/mol. The van der Waals surface area contributed by atoms with Gasteiger partial charge in [-0.3, -0.25) is 0 Å². The van der Waals surface area contributed by atoms with Crippen molar-refractivity contribution in [3.05, 3.63) is 35.9 Å². The fourth-order valence-electron chi connectivity index (χ4n) is 1.35. The highest BCUT2D eigenvalue weighted by molar-refractivity contribution is 5.85. The van der Waals surface area contributed by atoms with Crippen molar-refractivity contribution in [1.82, 2.24) is 4.98 Å². The molecule has 0 saturated heterocycles. The van der Waals surface area contributed by atoms with Crippen molar-refractivity contribution >= 4 is 10.9 Å². The van der Waals surface area contributed by atoms with Gasteiger partial charge in [-0.25, -0.2) is 4.98 Å². The Morgan fingerprint density at radius 2 is 2.14 bits per heavy atom. The van der Waals surface area contributed by atoms with Gasteiger partial charge in [0.25, 0.3) is 0 Å². The molecule has 0 bridgehead atoms. The summed E-state index contributed by atoms with van der Waals surface area (Å²) in [6, 6.07) is 11.3. The van der Waals surface area contributed by atoms with Crippen molar-refractivity contribution in [1.29, 1.82) is 5.26 Å². The maximum Gasteiger partial charge on any atom is 0.214 e. The molecule has 68 valence electrons. The minimum atomic E-state index is 0.472. The second-order valence-corrected chi connectivity index (χ2v) is 2.84. The molecule has 0 saturated carbocycles. The highest BCUT2D eigenvalue weighted by Gasteiger charge is 2.03. The van der Waals surface area contributed by atoms with Crippen LogP contribution in [-0.2, 0) is 0 Å². The molecule has 3 nitrogen and oxygen atoms in total. The molecular formula is C11H8N2O. The zero-order valence-electron chi connectivity index (χ0n) is 7.69. The Morgan fingerprint density at radius 1 is 1.36 bits per heavy atom. The number of para-hydroxylation sites is 1. The summed E-state index contributed by atoms with van der Waals surface area (Å²) in [5.74, 6) is 0.472.